The lowest BCUT2D eigenvalue weighted by atomic mass is 9.92. The summed E-state index contributed by atoms with van der Waals surface area (Å²) < 4.78 is 29.1. The van der Waals surface area contributed by atoms with Crippen LogP contribution in [0.2, 0.25) is 0 Å². The third-order valence-electron chi connectivity index (χ3n) is 5.98. The lowest BCUT2D eigenvalue weighted by Crippen LogP contribution is -2.26. The standard InChI is InChI=1S/C24H18F2N6/c25-15-8-6-14(7-9-15)17-3-1-5-20-18(17)4-2-12-31(20)22-19-11-10-16(27)13-21(19)32-23(26)29-30-24(32)28-22/h1,3,5-11,13H,2,4,12,27H2. The molecule has 8 heteroatoms. The second-order valence-corrected chi connectivity index (χ2v) is 7.88. The number of fused-ring (bicyclic) bond motifs is 4. The van der Waals surface area contributed by atoms with Crippen LogP contribution in [-0.2, 0) is 6.42 Å². The van der Waals surface area contributed by atoms with Gasteiger partial charge in [0.05, 0.1) is 5.52 Å². The van der Waals surface area contributed by atoms with Gasteiger partial charge in [0, 0.05) is 23.3 Å². The summed E-state index contributed by atoms with van der Waals surface area (Å²) >= 11 is 0. The Bertz CT molecular complexity index is 1490. The topological polar surface area (TPSA) is 72.3 Å². The molecule has 1 aliphatic heterocycles. The number of hydrogen-bond acceptors (Lipinski definition) is 5. The fourth-order valence-corrected chi connectivity index (χ4v) is 4.57. The molecule has 0 saturated carbocycles. The Morgan fingerprint density at radius 2 is 1.78 bits per heavy atom. The smallest absolute Gasteiger partial charge is 0.315 e. The molecule has 0 atom stereocenters. The summed E-state index contributed by atoms with van der Waals surface area (Å²) in [5, 5.41) is 8.22. The van der Waals surface area contributed by atoms with Crippen molar-refractivity contribution in [1.29, 1.82) is 0 Å². The highest BCUT2D eigenvalue weighted by Crippen LogP contribution is 2.40. The molecule has 0 aliphatic carbocycles. The van der Waals surface area contributed by atoms with Crippen LogP contribution in [0, 0.1) is 11.9 Å². The molecule has 0 fully saturated rings. The van der Waals surface area contributed by atoms with Crippen molar-refractivity contribution in [3.63, 3.8) is 0 Å². The van der Waals surface area contributed by atoms with Gasteiger partial charge < -0.3 is 10.6 Å². The zero-order valence-electron chi connectivity index (χ0n) is 17.0. The molecule has 2 N–H and O–H groups in total. The zero-order chi connectivity index (χ0) is 21.8. The number of nitrogens with zero attached hydrogens (tertiary/aromatic N) is 5. The molecule has 5 aromatic rings. The summed E-state index contributed by atoms with van der Waals surface area (Å²) in [6.45, 7) is 0.749. The van der Waals surface area contributed by atoms with E-state index in [1.165, 1.54) is 22.1 Å². The van der Waals surface area contributed by atoms with E-state index in [-0.39, 0.29) is 11.6 Å². The van der Waals surface area contributed by atoms with Gasteiger partial charge in [-0.1, -0.05) is 29.4 Å². The molecule has 3 heterocycles. The van der Waals surface area contributed by atoms with Crippen LogP contribution in [0.25, 0.3) is 27.8 Å². The molecule has 0 radical (unpaired) electrons. The Labute approximate surface area is 181 Å². The molecule has 6 nitrogen and oxygen atoms in total. The first-order valence-electron chi connectivity index (χ1n) is 10.4. The van der Waals surface area contributed by atoms with E-state index >= 15 is 0 Å². The fourth-order valence-electron chi connectivity index (χ4n) is 4.57. The van der Waals surface area contributed by atoms with Crippen molar-refractivity contribution in [2.75, 3.05) is 17.2 Å². The van der Waals surface area contributed by atoms with E-state index in [9.17, 15) is 8.78 Å². The van der Waals surface area contributed by atoms with E-state index in [4.69, 9.17) is 5.73 Å². The molecule has 6 rings (SSSR count). The van der Waals surface area contributed by atoms with Crippen LogP contribution in [0.5, 0.6) is 0 Å². The lowest BCUT2D eigenvalue weighted by Gasteiger charge is -2.32. The van der Waals surface area contributed by atoms with Crippen molar-refractivity contribution in [3.8, 4) is 11.1 Å². The number of rotatable bonds is 2. The zero-order valence-corrected chi connectivity index (χ0v) is 17.0. The lowest BCUT2D eigenvalue weighted by molar-refractivity contribution is 0.532. The number of hydrogen-bond donors (Lipinski definition) is 1. The number of benzene rings is 3. The van der Waals surface area contributed by atoms with E-state index in [1.807, 2.05) is 12.1 Å². The van der Waals surface area contributed by atoms with Crippen LogP contribution in [-0.4, -0.2) is 26.1 Å². The number of anilines is 3. The summed E-state index contributed by atoms with van der Waals surface area (Å²) in [4.78, 5) is 6.81. The number of halogens is 2. The Morgan fingerprint density at radius 1 is 0.938 bits per heavy atom. The summed E-state index contributed by atoms with van der Waals surface area (Å²) in [5.74, 6) is 0.596. The molecule has 1 aliphatic rings. The molecule has 158 valence electrons. The highest BCUT2D eigenvalue weighted by atomic mass is 19.1. The fraction of sp³-hybridized carbons (Fsp3) is 0.125. The first-order chi connectivity index (χ1) is 15.6. The van der Waals surface area contributed by atoms with Crippen molar-refractivity contribution < 1.29 is 8.78 Å². The maximum absolute atomic E-state index is 14.4. The minimum Gasteiger partial charge on any atom is -0.399 e. The predicted octanol–water partition coefficient (Wildman–Crippen LogP) is 4.89. The summed E-state index contributed by atoms with van der Waals surface area (Å²) in [6.07, 6.45) is 1.08. The van der Waals surface area contributed by atoms with Crippen LogP contribution in [0.3, 0.4) is 0 Å². The van der Waals surface area contributed by atoms with Gasteiger partial charge in [-0.05, 0) is 65.9 Å². The second-order valence-electron chi connectivity index (χ2n) is 7.88. The molecule has 2 aromatic heterocycles. The van der Waals surface area contributed by atoms with Gasteiger partial charge in [0.25, 0.3) is 5.78 Å². The monoisotopic (exact) mass is 428 g/mol. The van der Waals surface area contributed by atoms with Crippen LogP contribution in [0.1, 0.15) is 12.0 Å². The maximum Gasteiger partial charge on any atom is 0.315 e. The van der Waals surface area contributed by atoms with Gasteiger partial charge in [-0.15, -0.1) is 5.10 Å². The van der Waals surface area contributed by atoms with Gasteiger partial charge in [0.1, 0.15) is 11.6 Å². The molecular weight excluding hydrogens is 410 g/mol. The summed E-state index contributed by atoms with van der Waals surface area (Å²) in [7, 11) is 0. The number of nitrogen functional groups attached to an aromatic ring is 1. The average molecular weight is 428 g/mol. The van der Waals surface area contributed by atoms with Crippen molar-refractivity contribution in [2.45, 2.75) is 12.8 Å². The predicted molar refractivity (Wildman–Crippen MR) is 120 cm³/mol. The quantitative estimate of drug-likeness (QED) is 0.406. The molecule has 0 spiro atoms. The van der Waals surface area contributed by atoms with Gasteiger partial charge in [0.2, 0.25) is 0 Å². The van der Waals surface area contributed by atoms with Crippen molar-refractivity contribution in [2.24, 2.45) is 0 Å². The summed E-state index contributed by atoms with van der Waals surface area (Å²) in [5.41, 5.74) is 11.3. The normalized spacial score (nSPS) is 13.6. The largest absolute Gasteiger partial charge is 0.399 e. The van der Waals surface area contributed by atoms with Gasteiger partial charge in [0.15, 0.2) is 0 Å². The SMILES string of the molecule is Nc1ccc2c(N3CCCc4c(-c5ccc(F)cc5)cccc43)nc3nnc(F)n3c2c1. The van der Waals surface area contributed by atoms with Crippen LogP contribution in [0.4, 0.5) is 26.0 Å². The minimum absolute atomic E-state index is 0.178. The van der Waals surface area contributed by atoms with E-state index in [0.29, 0.717) is 17.0 Å². The number of aromatic nitrogens is 4. The molecule has 0 saturated heterocycles. The second kappa shape index (κ2) is 6.98. The highest BCUT2D eigenvalue weighted by Gasteiger charge is 2.25. The Hall–Kier alpha value is -4.07. The van der Waals surface area contributed by atoms with Gasteiger partial charge in [-0.2, -0.15) is 9.37 Å². The molecule has 0 unspecified atom stereocenters. The maximum atomic E-state index is 14.4. The van der Waals surface area contributed by atoms with Gasteiger partial charge in [-0.25, -0.2) is 8.79 Å². The Kier molecular flexibility index (Phi) is 4.07. The first-order valence-corrected chi connectivity index (χ1v) is 10.4. The molecule has 32 heavy (non-hydrogen) atoms. The molecule has 3 aromatic carbocycles. The summed E-state index contributed by atoms with van der Waals surface area (Å²) in [6, 6.07) is 18.0. The van der Waals surface area contributed by atoms with Crippen molar-refractivity contribution in [3.05, 3.63) is 78.1 Å². The van der Waals surface area contributed by atoms with E-state index < -0.39 is 6.08 Å². The Morgan fingerprint density at radius 3 is 2.62 bits per heavy atom. The van der Waals surface area contributed by atoms with Gasteiger partial charge >= 0.3 is 6.08 Å². The number of nitrogens with two attached hydrogens (primary N) is 1. The van der Waals surface area contributed by atoms with Crippen LogP contribution >= 0.6 is 0 Å². The van der Waals surface area contributed by atoms with E-state index in [0.717, 1.165) is 41.6 Å². The minimum atomic E-state index is -0.729. The highest BCUT2D eigenvalue weighted by molar-refractivity contribution is 5.96. The molecule has 0 bridgehead atoms. The van der Waals surface area contributed by atoms with Crippen molar-refractivity contribution >= 4 is 33.9 Å². The van der Waals surface area contributed by atoms with E-state index in [2.05, 4.69) is 32.2 Å². The third-order valence-corrected chi connectivity index (χ3v) is 5.98. The van der Waals surface area contributed by atoms with Crippen LogP contribution < -0.4 is 10.6 Å². The van der Waals surface area contributed by atoms with Crippen LogP contribution in [0.15, 0.2) is 60.7 Å². The first kappa shape index (κ1) is 18.7. The third kappa shape index (κ3) is 2.80. The van der Waals surface area contributed by atoms with Crippen molar-refractivity contribution in [1.82, 2.24) is 19.6 Å². The average Bonchev–Trinajstić information content (AvgIpc) is 3.19. The van der Waals surface area contributed by atoms with Gasteiger partial charge in [-0.3, -0.25) is 0 Å². The van der Waals surface area contributed by atoms with E-state index in [1.54, 1.807) is 24.3 Å². The molecule has 0 amide bonds. The Balaban J connectivity index is 1.58. The molecular formula is C24H18F2N6.